The lowest BCUT2D eigenvalue weighted by Gasteiger charge is -2.18. The molecule has 4 heteroatoms. The monoisotopic (exact) mass is 245 g/mol. The molecule has 18 heavy (non-hydrogen) atoms. The molecule has 3 rings (SSSR count). The number of pyridine rings is 1. The second-order valence-electron chi connectivity index (χ2n) is 5.08. The van der Waals surface area contributed by atoms with Crippen molar-refractivity contribution >= 4 is 10.9 Å². The molecule has 0 unspecified atom stereocenters. The van der Waals surface area contributed by atoms with Crippen LogP contribution in [-0.4, -0.2) is 41.7 Å². The molecule has 0 saturated heterocycles. The van der Waals surface area contributed by atoms with Gasteiger partial charge >= 0.3 is 0 Å². The molecular formula is C14H19N3O. The summed E-state index contributed by atoms with van der Waals surface area (Å²) in [6.45, 7) is 2.87. The minimum atomic E-state index is 0.828. The van der Waals surface area contributed by atoms with Crippen LogP contribution in [0.15, 0.2) is 18.5 Å². The summed E-state index contributed by atoms with van der Waals surface area (Å²) < 4.78 is 8.24. The highest BCUT2D eigenvalue weighted by Crippen LogP contribution is 2.35. The molecule has 0 aliphatic carbocycles. The van der Waals surface area contributed by atoms with Gasteiger partial charge in [-0.05, 0) is 33.0 Å². The van der Waals surface area contributed by atoms with Gasteiger partial charge in [-0.15, -0.1) is 0 Å². The van der Waals surface area contributed by atoms with Gasteiger partial charge in [0.15, 0.2) is 0 Å². The predicted molar refractivity (Wildman–Crippen MR) is 72.1 cm³/mol. The SMILES string of the molecule is CN(C)CCn1c2c(c3cnccc31)OCCC2. The van der Waals surface area contributed by atoms with E-state index in [0.29, 0.717) is 0 Å². The number of nitrogens with zero attached hydrogens (tertiary/aromatic N) is 3. The van der Waals surface area contributed by atoms with Crippen LogP contribution >= 0.6 is 0 Å². The zero-order valence-electron chi connectivity index (χ0n) is 11.0. The summed E-state index contributed by atoms with van der Waals surface area (Å²) >= 11 is 0. The van der Waals surface area contributed by atoms with E-state index in [1.165, 1.54) is 11.2 Å². The van der Waals surface area contributed by atoms with Gasteiger partial charge in [0.25, 0.3) is 0 Å². The highest BCUT2D eigenvalue weighted by atomic mass is 16.5. The van der Waals surface area contributed by atoms with E-state index in [0.717, 1.165) is 43.7 Å². The van der Waals surface area contributed by atoms with Crippen LogP contribution in [0.2, 0.25) is 0 Å². The lowest BCUT2D eigenvalue weighted by Crippen LogP contribution is -2.20. The average Bonchev–Trinajstić information content (AvgIpc) is 2.71. The van der Waals surface area contributed by atoms with Crippen LogP contribution in [0, 0.1) is 0 Å². The Balaban J connectivity index is 2.10. The smallest absolute Gasteiger partial charge is 0.149 e. The van der Waals surface area contributed by atoms with Crippen LogP contribution < -0.4 is 4.74 Å². The molecule has 0 radical (unpaired) electrons. The summed E-state index contributed by atoms with van der Waals surface area (Å²) in [4.78, 5) is 6.44. The van der Waals surface area contributed by atoms with Crippen LogP contribution in [-0.2, 0) is 13.0 Å². The van der Waals surface area contributed by atoms with Crippen molar-refractivity contribution in [2.45, 2.75) is 19.4 Å². The molecular weight excluding hydrogens is 226 g/mol. The van der Waals surface area contributed by atoms with Crippen molar-refractivity contribution in [2.24, 2.45) is 0 Å². The third-order valence-corrected chi connectivity index (χ3v) is 3.50. The highest BCUT2D eigenvalue weighted by molar-refractivity contribution is 5.88. The molecule has 0 fully saturated rings. The van der Waals surface area contributed by atoms with Crippen LogP contribution in [0.5, 0.6) is 5.75 Å². The first-order chi connectivity index (χ1) is 8.77. The van der Waals surface area contributed by atoms with Gasteiger partial charge in [-0.3, -0.25) is 4.98 Å². The average molecular weight is 245 g/mol. The molecule has 0 atom stereocenters. The molecule has 0 saturated carbocycles. The lowest BCUT2D eigenvalue weighted by molar-refractivity contribution is 0.285. The van der Waals surface area contributed by atoms with Crippen molar-refractivity contribution in [1.82, 2.24) is 14.5 Å². The Labute approximate surface area is 107 Å². The molecule has 0 amide bonds. The van der Waals surface area contributed by atoms with Crippen molar-refractivity contribution in [2.75, 3.05) is 27.2 Å². The van der Waals surface area contributed by atoms with E-state index in [4.69, 9.17) is 4.74 Å². The minimum absolute atomic E-state index is 0.828. The molecule has 96 valence electrons. The lowest BCUT2D eigenvalue weighted by atomic mass is 10.2. The summed E-state index contributed by atoms with van der Waals surface area (Å²) in [5, 5.41) is 1.16. The second kappa shape index (κ2) is 4.61. The maximum atomic E-state index is 5.85. The van der Waals surface area contributed by atoms with E-state index in [9.17, 15) is 0 Å². The maximum absolute atomic E-state index is 5.85. The van der Waals surface area contributed by atoms with E-state index in [-0.39, 0.29) is 0 Å². The van der Waals surface area contributed by atoms with Gasteiger partial charge in [0.2, 0.25) is 0 Å². The topological polar surface area (TPSA) is 30.3 Å². The number of hydrogen-bond acceptors (Lipinski definition) is 3. The molecule has 0 N–H and O–H groups in total. The normalized spacial score (nSPS) is 14.8. The van der Waals surface area contributed by atoms with Crippen LogP contribution in [0.3, 0.4) is 0 Å². The Hall–Kier alpha value is -1.55. The van der Waals surface area contributed by atoms with Gasteiger partial charge in [-0.2, -0.15) is 0 Å². The molecule has 0 aromatic carbocycles. The fraction of sp³-hybridized carbons (Fsp3) is 0.500. The van der Waals surface area contributed by atoms with Gasteiger partial charge in [-0.25, -0.2) is 0 Å². The third kappa shape index (κ3) is 1.86. The van der Waals surface area contributed by atoms with Gasteiger partial charge in [0, 0.05) is 25.5 Å². The van der Waals surface area contributed by atoms with Crippen molar-refractivity contribution in [3.63, 3.8) is 0 Å². The van der Waals surface area contributed by atoms with Crippen LogP contribution in [0.25, 0.3) is 10.9 Å². The van der Waals surface area contributed by atoms with Crippen molar-refractivity contribution < 1.29 is 4.74 Å². The fourth-order valence-corrected chi connectivity index (χ4v) is 2.60. The third-order valence-electron chi connectivity index (χ3n) is 3.50. The highest BCUT2D eigenvalue weighted by Gasteiger charge is 2.21. The molecule has 1 aliphatic rings. The van der Waals surface area contributed by atoms with Crippen LogP contribution in [0.1, 0.15) is 12.1 Å². The quantitative estimate of drug-likeness (QED) is 0.827. The first-order valence-corrected chi connectivity index (χ1v) is 6.50. The Morgan fingerprint density at radius 3 is 3.17 bits per heavy atom. The summed E-state index contributed by atoms with van der Waals surface area (Å²) in [6.07, 6.45) is 6.00. The number of hydrogen-bond donors (Lipinski definition) is 0. The Morgan fingerprint density at radius 2 is 2.33 bits per heavy atom. The molecule has 1 aliphatic heterocycles. The zero-order chi connectivity index (χ0) is 12.5. The molecule has 0 bridgehead atoms. The minimum Gasteiger partial charge on any atom is -0.491 e. The first-order valence-electron chi connectivity index (χ1n) is 6.50. The first kappa shape index (κ1) is 11.5. The van der Waals surface area contributed by atoms with Gasteiger partial charge < -0.3 is 14.2 Å². The standard InChI is InChI=1S/C14H19N3O/c1-16(2)7-8-17-12-5-6-15-10-11(12)14-13(17)4-3-9-18-14/h5-6,10H,3-4,7-9H2,1-2H3. The summed E-state index contributed by atoms with van der Waals surface area (Å²) in [5.74, 6) is 1.06. The van der Waals surface area contributed by atoms with E-state index in [1.807, 2.05) is 12.4 Å². The summed E-state index contributed by atoms with van der Waals surface area (Å²) in [6, 6.07) is 2.09. The molecule has 2 aromatic rings. The predicted octanol–water partition coefficient (Wildman–Crippen LogP) is 1.92. The Bertz CT molecular complexity index is 559. The molecule has 3 heterocycles. The summed E-state index contributed by atoms with van der Waals surface area (Å²) in [7, 11) is 4.21. The van der Waals surface area contributed by atoms with Crippen LogP contribution in [0.4, 0.5) is 0 Å². The Kier molecular flexibility index (Phi) is 2.96. The number of rotatable bonds is 3. The number of fused-ring (bicyclic) bond motifs is 3. The number of ether oxygens (including phenoxy) is 1. The number of aromatic nitrogens is 2. The van der Waals surface area contributed by atoms with Gasteiger partial charge in [-0.1, -0.05) is 0 Å². The van der Waals surface area contributed by atoms with E-state index in [1.54, 1.807) is 0 Å². The summed E-state index contributed by atoms with van der Waals surface area (Å²) in [5.41, 5.74) is 2.59. The van der Waals surface area contributed by atoms with Gasteiger partial charge in [0.1, 0.15) is 5.75 Å². The van der Waals surface area contributed by atoms with E-state index in [2.05, 4.69) is 34.6 Å². The Morgan fingerprint density at radius 1 is 1.44 bits per heavy atom. The second-order valence-corrected chi connectivity index (χ2v) is 5.08. The maximum Gasteiger partial charge on any atom is 0.149 e. The van der Waals surface area contributed by atoms with Crippen molar-refractivity contribution in [1.29, 1.82) is 0 Å². The molecule has 4 nitrogen and oxygen atoms in total. The zero-order valence-corrected chi connectivity index (χ0v) is 11.0. The van der Waals surface area contributed by atoms with E-state index >= 15 is 0 Å². The number of likely N-dealkylation sites (N-methyl/N-ethyl adjacent to an activating group) is 1. The van der Waals surface area contributed by atoms with E-state index < -0.39 is 0 Å². The molecule has 2 aromatic heterocycles. The molecule has 0 spiro atoms. The largest absolute Gasteiger partial charge is 0.491 e. The van der Waals surface area contributed by atoms with Crippen molar-refractivity contribution in [3.05, 3.63) is 24.2 Å². The fourth-order valence-electron chi connectivity index (χ4n) is 2.60. The van der Waals surface area contributed by atoms with Gasteiger partial charge in [0.05, 0.1) is 23.2 Å². The van der Waals surface area contributed by atoms with Crippen molar-refractivity contribution in [3.8, 4) is 5.75 Å².